The number of aromatic nitrogens is 2. The van der Waals surface area contributed by atoms with Gasteiger partial charge in [0, 0.05) is 0 Å². The molecule has 0 N–H and O–H groups in total. The first-order chi connectivity index (χ1) is 10.1. The number of hydrogen-bond donors (Lipinski definition) is 0. The maximum Gasteiger partial charge on any atom is 0.342 e. The third kappa shape index (κ3) is 2.81. The fraction of sp³-hybridized carbons (Fsp3) is 0.231. The van der Waals surface area contributed by atoms with E-state index in [1.54, 1.807) is 6.92 Å². The summed E-state index contributed by atoms with van der Waals surface area (Å²) >= 11 is 0. The van der Waals surface area contributed by atoms with Crippen molar-refractivity contribution >= 4 is 5.82 Å². The van der Waals surface area contributed by atoms with Crippen LogP contribution >= 0.6 is 0 Å². The predicted molar refractivity (Wildman–Crippen MR) is 70.0 cm³/mol. The van der Waals surface area contributed by atoms with Gasteiger partial charge in [0.1, 0.15) is 12.3 Å². The van der Waals surface area contributed by atoms with Gasteiger partial charge in [-0.15, -0.1) is 0 Å². The van der Waals surface area contributed by atoms with Crippen LogP contribution in [-0.4, -0.2) is 14.5 Å². The van der Waals surface area contributed by atoms with Crippen LogP contribution in [0, 0.1) is 27.3 Å². The van der Waals surface area contributed by atoms with E-state index in [-0.39, 0.29) is 29.6 Å². The lowest BCUT2D eigenvalue weighted by Crippen LogP contribution is -2.09. The number of ether oxygens (including phenoxy) is 1. The number of imidazole rings is 1. The van der Waals surface area contributed by atoms with E-state index in [1.165, 1.54) is 22.8 Å². The van der Waals surface area contributed by atoms with Crippen molar-refractivity contribution in [3.63, 3.8) is 0 Å². The summed E-state index contributed by atoms with van der Waals surface area (Å²) < 4.78 is 20.3. The molecule has 0 fully saturated rings. The monoisotopic (exact) mass is 290 g/mol. The predicted octanol–water partition coefficient (Wildman–Crippen LogP) is 2.40. The molecule has 0 saturated carbocycles. The summed E-state index contributed by atoms with van der Waals surface area (Å²) in [6.07, 6.45) is 1.12. The van der Waals surface area contributed by atoms with Crippen molar-refractivity contribution < 1.29 is 14.1 Å². The number of para-hydroxylation sites is 1. The van der Waals surface area contributed by atoms with Crippen LogP contribution in [0.25, 0.3) is 0 Å². The van der Waals surface area contributed by atoms with Crippen LogP contribution in [0.3, 0.4) is 0 Å². The molecule has 108 valence electrons. The summed E-state index contributed by atoms with van der Waals surface area (Å²) in [4.78, 5) is 14.2. The molecule has 2 aromatic rings. The summed E-state index contributed by atoms with van der Waals surface area (Å²) in [6.45, 7) is 1.89. The molecule has 0 unspecified atom stereocenters. The largest absolute Gasteiger partial charge is 0.479 e. The van der Waals surface area contributed by atoms with Crippen LogP contribution in [0.15, 0.2) is 24.4 Å². The minimum atomic E-state index is -0.668. The normalized spacial score (nSPS) is 10.1. The molecule has 0 aliphatic carbocycles. The highest BCUT2D eigenvalue weighted by molar-refractivity contribution is 5.43. The van der Waals surface area contributed by atoms with E-state index >= 15 is 0 Å². The van der Waals surface area contributed by atoms with E-state index in [2.05, 4.69) is 4.98 Å². The Hall–Kier alpha value is -2.95. The van der Waals surface area contributed by atoms with E-state index < -0.39 is 10.7 Å². The van der Waals surface area contributed by atoms with Crippen LogP contribution in [0.5, 0.6) is 5.75 Å². The third-order valence-electron chi connectivity index (χ3n) is 2.85. The first kappa shape index (κ1) is 14.5. The van der Waals surface area contributed by atoms with Crippen molar-refractivity contribution in [2.24, 2.45) is 0 Å². The number of hydrogen-bond acceptors (Lipinski definition) is 5. The molecule has 0 radical (unpaired) electrons. The van der Waals surface area contributed by atoms with Crippen molar-refractivity contribution in [1.29, 1.82) is 5.26 Å². The maximum atomic E-state index is 13.6. The van der Waals surface area contributed by atoms with Gasteiger partial charge in [-0.3, -0.25) is 0 Å². The molecule has 0 atom stereocenters. The zero-order valence-corrected chi connectivity index (χ0v) is 11.1. The van der Waals surface area contributed by atoms with Gasteiger partial charge >= 0.3 is 5.82 Å². The highest BCUT2D eigenvalue weighted by Gasteiger charge is 2.20. The molecule has 0 saturated heterocycles. The molecule has 7 nitrogen and oxygen atoms in total. The Kier molecular flexibility index (Phi) is 4.13. The fourth-order valence-corrected chi connectivity index (χ4v) is 1.89. The lowest BCUT2D eigenvalue weighted by molar-refractivity contribution is -0.392. The Morgan fingerprint density at radius 2 is 2.33 bits per heavy atom. The Labute approximate surface area is 119 Å². The highest BCUT2D eigenvalue weighted by Crippen LogP contribution is 2.23. The summed E-state index contributed by atoms with van der Waals surface area (Å²) in [5.41, 5.74) is 0.0547. The van der Waals surface area contributed by atoms with Gasteiger partial charge in [0.05, 0.1) is 12.1 Å². The average molecular weight is 290 g/mol. The molecule has 1 aromatic heterocycles. The Morgan fingerprint density at radius 1 is 1.57 bits per heavy atom. The molecule has 0 spiro atoms. The molecule has 21 heavy (non-hydrogen) atoms. The smallest absolute Gasteiger partial charge is 0.342 e. The molecule has 1 aromatic carbocycles. The molecule has 1 heterocycles. The van der Waals surface area contributed by atoms with Gasteiger partial charge in [-0.1, -0.05) is 6.07 Å². The van der Waals surface area contributed by atoms with Crippen LogP contribution in [0.2, 0.25) is 0 Å². The van der Waals surface area contributed by atoms with E-state index in [9.17, 15) is 14.5 Å². The van der Waals surface area contributed by atoms with Gasteiger partial charge in [-0.2, -0.15) is 5.26 Å². The van der Waals surface area contributed by atoms with Gasteiger partial charge in [0.25, 0.3) is 0 Å². The van der Waals surface area contributed by atoms with E-state index in [0.717, 1.165) is 6.20 Å². The Morgan fingerprint density at radius 3 is 2.95 bits per heavy atom. The van der Waals surface area contributed by atoms with Crippen molar-refractivity contribution in [2.45, 2.75) is 20.1 Å². The summed E-state index contributed by atoms with van der Waals surface area (Å²) in [5.74, 6) is -0.729. The van der Waals surface area contributed by atoms with Gasteiger partial charge in [-0.25, -0.2) is 13.9 Å². The van der Waals surface area contributed by atoms with Gasteiger partial charge in [-0.05, 0) is 24.0 Å². The lowest BCUT2D eigenvalue weighted by atomic mass is 10.2. The molecule has 2 rings (SSSR count). The van der Waals surface area contributed by atoms with Crippen molar-refractivity contribution in [3.05, 3.63) is 51.7 Å². The summed E-state index contributed by atoms with van der Waals surface area (Å²) in [7, 11) is 0. The van der Waals surface area contributed by atoms with E-state index in [1.807, 2.05) is 6.07 Å². The van der Waals surface area contributed by atoms with Gasteiger partial charge in [0.15, 0.2) is 18.2 Å². The average Bonchev–Trinajstić information content (AvgIpc) is 2.88. The van der Waals surface area contributed by atoms with Crippen molar-refractivity contribution in [3.8, 4) is 11.8 Å². The first-order valence-electron chi connectivity index (χ1n) is 6.08. The lowest BCUT2D eigenvalue weighted by Gasteiger charge is -2.07. The second-order valence-electron chi connectivity index (χ2n) is 4.05. The molecule has 0 aliphatic rings. The molecule has 0 bridgehead atoms. The number of rotatable bonds is 5. The number of nitrogens with zero attached hydrogens (tertiary/aromatic N) is 4. The van der Waals surface area contributed by atoms with Crippen LogP contribution < -0.4 is 4.74 Å². The molecular formula is C13H11FN4O3. The third-order valence-corrected chi connectivity index (χ3v) is 2.85. The van der Waals surface area contributed by atoms with Crippen LogP contribution in [-0.2, 0) is 13.2 Å². The van der Waals surface area contributed by atoms with Crippen molar-refractivity contribution in [2.75, 3.05) is 0 Å². The van der Waals surface area contributed by atoms with E-state index in [4.69, 9.17) is 10.00 Å². The topological polar surface area (TPSA) is 94.0 Å². The second-order valence-corrected chi connectivity index (χ2v) is 4.05. The van der Waals surface area contributed by atoms with E-state index in [0.29, 0.717) is 6.54 Å². The first-order valence-corrected chi connectivity index (χ1v) is 6.08. The molecular weight excluding hydrogens is 279 g/mol. The minimum absolute atomic E-state index is 0.0547. The Bertz CT molecular complexity index is 721. The van der Waals surface area contributed by atoms with Crippen LogP contribution in [0.4, 0.5) is 10.2 Å². The number of nitriles is 1. The minimum Gasteiger partial charge on any atom is -0.479 e. The van der Waals surface area contributed by atoms with Gasteiger partial charge < -0.3 is 14.9 Å². The Balaban J connectivity index is 2.26. The standard InChI is InChI=1S/C13H11FN4O3/c1-2-17-11(16-7-12(17)18(19)20)8-21-13-9(6-15)4-3-5-10(13)14/h3-5,7H,2,8H2,1H3. The number of nitro groups is 1. The summed E-state index contributed by atoms with van der Waals surface area (Å²) in [5, 5.41) is 19.7. The SMILES string of the molecule is CCn1c([N+](=O)[O-])cnc1COc1c(F)cccc1C#N. The maximum absolute atomic E-state index is 13.6. The zero-order chi connectivity index (χ0) is 15.4. The van der Waals surface area contributed by atoms with Crippen LogP contribution in [0.1, 0.15) is 18.3 Å². The van der Waals surface area contributed by atoms with Gasteiger partial charge in [0.2, 0.25) is 5.82 Å². The molecule has 0 amide bonds. The molecule has 0 aliphatic heterocycles. The number of halogens is 1. The zero-order valence-electron chi connectivity index (χ0n) is 11.1. The highest BCUT2D eigenvalue weighted by atomic mass is 19.1. The number of benzene rings is 1. The molecule has 8 heteroatoms. The second kappa shape index (κ2) is 6.00. The quantitative estimate of drug-likeness (QED) is 0.622. The van der Waals surface area contributed by atoms with Crippen molar-refractivity contribution in [1.82, 2.24) is 9.55 Å². The fourth-order valence-electron chi connectivity index (χ4n) is 1.89. The summed E-state index contributed by atoms with van der Waals surface area (Å²) in [6, 6.07) is 5.82.